The van der Waals surface area contributed by atoms with Crippen molar-refractivity contribution in [3.05, 3.63) is 60.0 Å². The van der Waals surface area contributed by atoms with Gasteiger partial charge in [-0.1, -0.05) is 24.3 Å². The number of fused-ring (bicyclic) bond motifs is 1. The Morgan fingerprint density at radius 3 is 2.53 bits per heavy atom. The quantitative estimate of drug-likeness (QED) is 0.734. The minimum absolute atomic E-state index is 0.143. The molecule has 0 unspecified atom stereocenters. The number of hydrogen-bond donors (Lipinski definition) is 2. The lowest BCUT2D eigenvalue weighted by atomic mass is 10.0. The number of carbonyl (C=O) groups is 1. The highest BCUT2D eigenvalue weighted by Crippen LogP contribution is 2.29. The molecule has 0 aliphatic heterocycles. The van der Waals surface area contributed by atoms with Crippen LogP contribution < -0.4 is 0 Å². The van der Waals surface area contributed by atoms with Crippen LogP contribution in [-0.2, 0) is 0 Å². The van der Waals surface area contributed by atoms with Gasteiger partial charge in [-0.3, -0.25) is 0 Å². The number of rotatable bonds is 2. The van der Waals surface area contributed by atoms with Crippen molar-refractivity contribution in [3.63, 3.8) is 0 Å². The number of benzene rings is 2. The molecule has 3 aromatic rings. The lowest BCUT2D eigenvalue weighted by Gasteiger charge is -2.03. The Morgan fingerprint density at radius 2 is 1.84 bits per heavy atom. The number of nitrogens with one attached hydrogen (secondary N) is 1. The van der Waals surface area contributed by atoms with E-state index in [1.807, 2.05) is 18.2 Å². The van der Waals surface area contributed by atoms with Crippen molar-refractivity contribution in [3.8, 4) is 11.1 Å². The molecule has 0 aliphatic rings. The molecule has 1 aromatic heterocycles. The molecule has 0 saturated heterocycles. The lowest BCUT2D eigenvalue weighted by molar-refractivity contribution is 0.0691. The van der Waals surface area contributed by atoms with Gasteiger partial charge >= 0.3 is 5.97 Å². The maximum Gasteiger partial charge on any atom is 0.352 e. The van der Waals surface area contributed by atoms with Gasteiger partial charge in [0.15, 0.2) is 0 Å². The summed E-state index contributed by atoms with van der Waals surface area (Å²) in [7, 11) is 0. The number of hydrogen-bond acceptors (Lipinski definition) is 1. The number of halogens is 1. The van der Waals surface area contributed by atoms with Gasteiger partial charge in [0.25, 0.3) is 0 Å². The number of H-pyrrole nitrogens is 1. The van der Waals surface area contributed by atoms with Crippen molar-refractivity contribution in [1.82, 2.24) is 4.98 Å². The van der Waals surface area contributed by atoms with Gasteiger partial charge in [-0.05, 0) is 35.4 Å². The maximum absolute atomic E-state index is 12.9. The molecule has 19 heavy (non-hydrogen) atoms. The first-order valence-electron chi connectivity index (χ1n) is 5.76. The fourth-order valence-electron chi connectivity index (χ4n) is 2.15. The van der Waals surface area contributed by atoms with Crippen LogP contribution in [0.2, 0.25) is 0 Å². The second-order valence-corrected chi connectivity index (χ2v) is 4.26. The normalized spacial score (nSPS) is 10.8. The molecule has 2 aromatic carbocycles. The van der Waals surface area contributed by atoms with Crippen molar-refractivity contribution in [2.45, 2.75) is 0 Å². The molecular weight excluding hydrogens is 245 g/mol. The van der Waals surface area contributed by atoms with Crippen LogP contribution in [0.1, 0.15) is 10.5 Å². The molecule has 3 nitrogen and oxygen atoms in total. The standard InChI is InChI=1S/C15H10FNO2/c16-10-6-4-9(5-7-10)11-2-1-3-13-12(11)8-14(17-13)15(18)19/h1-8,17H,(H,18,19). The van der Waals surface area contributed by atoms with Crippen LogP contribution in [0.3, 0.4) is 0 Å². The first-order valence-corrected chi connectivity index (χ1v) is 5.76. The van der Waals surface area contributed by atoms with Crippen molar-refractivity contribution in [2.24, 2.45) is 0 Å². The molecule has 0 radical (unpaired) electrons. The summed E-state index contributed by atoms with van der Waals surface area (Å²) in [5.41, 5.74) is 2.62. The SMILES string of the molecule is O=C(O)c1cc2c(-c3ccc(F)cc3)cccc2[nH]1. The van der Waals surface area contributed by atoms with Crippen LogP contribution in [0.5, 0.6) is 0 Å². The summed E-state index contributed by atoms with van der Waals surface area (Å²) in [4.78, 5) is 13.8. The summed E-state index contributed by atoms with van der Waals surface area (Å²) >= 11 is 0. The summed E-state index contributed by atoms with van der Waals surface area (Å²) in [6.07, 6.45) is 0. The van der Waals surface area contributed by atoms with Crippen LogP contribution >= 0.6 is 0 Å². The molecule has 0 atom stereocenters. The van der Waals surface area contributed by atoms with Gasteiger partial charge < -0.3 is 10.1 Å². The highest BCUT2D eigenvalue weighted by molar-refractivity contribution is 6.00. The first kappa shape index (κ1) is 11.5. The van der Waals surface area contributed by atoms with Crippen molar-refractivity contribution in [2.75, 3.05) is 0 Å². The Hall–Kier alpha value is -2.62. The van der Waals surface area contributed by atoms with E-state index in [9.17, 15) is 9.18 Å². The number of carboxylic acids is 1. The molecule has 0 fully saturated rings. The van der Waals surface area contributed by atoms with Crippen molar-refractivity contribution < 1.29 is 14.3 Å². The monoisotopic (exact) mass is 255 g/mol. The molecule has 0 aliphatic carbocycles. The Bertz CT molecular complexity index is 759. The van der Waals surface area contributed by atoms with E-state index in [0.29, 0.717) is 0 Å². The zero-order chi connectivity index (χ0) is 13.4. The van der Waals surface area contributed by atoms with E-state index in [4.69, 9.17) is 5.11 Å². The molecule has 4 heteroatoms. The van der Waals surface area contributed by atoms with Gasteiger partial charge in [0.05, 0.1) is 0 Å². The first-order chi connectivity index (χ1) is 9.15. The largest absolute Gasteiger partial charge is 0.477 e. The van der Waals surface area contributed by atoms with Gasteiger partial charge in [-0.15, -0.1) is 0 Å². The summed E-state index contributed by atoms with van der Waals surface area (Å²) in [5, 5.41) is 9.81. The number of aromatic carboxylic acids is 1. The smallest absolute Gasteiger partial charge is 0.352 e. The fraction of sp³-hybridized carbons (Fsp3) is 0. The van der Waals surface area contributed by atoms with Crippen LogP contribution in [0.4, 0.5) is 4.39 Å². The molecule has 3 rings (SSSR count). The van der Waals surface area contributed by atoms with E-state index in [1.165, 1.54) is 12.1 Å². The second kappa shape index (κ2) is 4.24. The third kappa shape index (κ3) is 1.97. The van der Waals surface area contributed by atoms with Crippen LogP contribution in [0.25, 0.3) is 22.0 Å². The molecule has 94 valence electrons. The average Bonchev–Trinajstić information content (AvgIpc) is 2.83. The predicted molar refractivity (Wildman–Crippen MR) is 70.7 cm³/mol. The Balaban J connectivity index is 2.23. The van der Waals surface area contributed by atoms with Crippen LogP contribution in [0, 0.1) is 5.82 Å². The van der Waals surface area contributed by atoms with Crippen molar-refractivity contribution in [1.29, 1.82) is 0 Å². The Morgan fingerprint density at radius 1 is 1.11 bits per heavy atom. The molecule has 0 bridgehead atoms. The van der Waals surface area contributed by atoms with E-state index in [1.54, 1.807) is 18.2 Å². The third-order valence-corrected chi connectivity index (χ3v) is 3.05. The second-order valence-electron chi connectivity index (χ2n) is 4.26. The Labute approximate surface area is 108 Å². The zero-order valence-corrected chi connectivity index (χ0v) is 9.85. The summed E-state index contributed by atoms with van der Waals surface area (Å²) < 4.78 is 12.9. The molecule has 1 heterocycles. The van der Waals surface area contributed by atoms with E-state index >= 15 is 0 Å². The van der Waals surface area contributed by atoms with E-state index in [-0.39, 0.29) is 11.5 Å². The van der Waals surface area contributed by atoms with Gasteiger partial charge in [0, 0.05) is 10.9 Å². The number of aromatic amines is 1. The molecule has 2 N–H and O–H groups in total. The summed E-state index contributed by atoms with van der Waals surface area (Å²) in [5.74, 6) is -1.29. The van der Waals surface area contributed by atoms with Crippen molar-refractivity contribution >= 4 is 16.9 Å². The third-order valence-electron chi connectivity index (χ3n) is 3.05. The van der Waals surface area contributed by atoms with Gasteiger partial charge in [-0.25, -0.2) is 9.18 Å². The van der Waals surface area contributed by atoms with Crippen LogP contribution in [-0.4, -0.2) is 16.1 Å². The lowest BCUT2D eigenvalue weighted by Crippen LogP contribution is -1.94. The van der Waals surface area contributed by atoms with E-state index in [0.717, 1.165) is 22.0 Å². The molecule has 0 spiro atoms. The Kier molecular flexibility index (Phi) is 2.56. The van der Waals surface area contributed by atoms with E-state index < -0.39 is 5.97 Å². The zero-order valence-electron chi connectivity index (χ0n) is 9.85. The van der Waals surface area contributed by atoms with E-state index in [2.05, 4.69) is 4.98 Å². The minimum Gasteiger partial charge on any atom is -0.477 e. The minimum atomic E-state index is -0.999. The van der Waals surface area contributed by atoms with Gasteiger partial charge in [-0.2, -0.15) is 0 Å². The van der Waals surface area contributed by atoms with Crippen LogP contribution in [0.15, 0.2) is 48.5 Å². The topological polar surface area (TPSA) is 53.1 Å². The number of carboxylic acid groups (broad SMARTS) is 1. The molecule has 0 saturated carbocycles. The fourth-order valence-corrected chi connectivity index (χ4v) is 2.15. The van der Waals surface area contributed by atoms with Gasteiger partial charge in [0.1, 0.15) is 11.5 Å². The highest BCUT2D eigenvalue weighted by Gasteiger charge is 2.11. The highest BCUT2D eigenvalue weighted by atomic mass is 19.1. The molecule has 0 amide bonds. The summed E-state index contributed by atoms with van der Waals surface area (Å²) in [6.45, 7) is 0. The van der Waals surface area contributed by atoms with Gasteiger partial charge in [0.2, 0.25) is 0 Å². The number of aromatic nitrogens is 1. The maximum atomic E-state index is 12.9. The average molecular weight is 255 g/mol. The summed E-state index contributed by atoms with van der Waals surface area (Å²) in [6, 6.07) is 13.3. The molecular formula is C15H10FNO2. The predicted octanol–water partition coefficient (Wildman–Crippen LogP) is 3.67.